The van der Waals surface area contributed by atoms with Crippen molar-refractivity contribution >= 4 is 21.9 Å². The second-order valence-electron chi connectivity index (χ2n) is 3.05. The van der Waals surface area contributed by atoms with E-state index in [1.807, 2.05) is 24.3 Å². The van der Waals surface area contributed by atoms with Gasteiger partial charge >= 0.3 is 5.97 Å². The van der Waals surface area contributed by atoms with Crippen molar-refractivity contribution in [3.63, 3.8) is 0 Å². The highest BCUT2D eigenvalue weighted by Crippen LogP contribution is 2.15. The summed E-state index contributed by atoms with van der Waals surface area (Å²) >= 11 is 3.36. The molecule has 1 unspecified atom stereocenters. The molecule has 82 valence electrons. The van der Waals surface area contributed by atoms with Crippen LogP contribution in [0.15, 0.2) is 28.7 Å². The molecular weight excluding hydrogens is 262 g/mol. The Bertz CT molecular complexity index is 343. The van der Waals surface area contributed by atoms with Gasteiger partial charge in [0.1, 0.15) is 6.04 Å². The molecule has 0 heterocycles. The van der Waals surface area contributed by atoms with Gasteiger partial charge in [-0.1, -0.05) is 34.1 Å². The predicted molar refractivity (Wildman–Crippen MR) is 59.5 cm³/mol. The fourth-order valence-electron chi connectivity index (χ4n) is 1.10. The lowest BCUT2D eigenvalue weighted by Gasteiger charge is -2.12. The Kier molecular flexibility index (Phi) is 4.74. The molecule has 1 aromatic carbocycles. The summed E-state index contributed by atoms with van der Waals surface area (Å²) in [6.07, 6.45) is 0. The van der Waals surface area contributed by atoms with Gasteiger partial charge in [0.05, 0.1) is 6.61 Å². The van der Waals surface area contributed by atoms with Crippen molar-refractivity contribution < 1.29 is 15.0 Å². The van der Waals surface area contributed by atoms with Gasteiger partial charge in [-0.15, -0.1) is 0 Å². The zero-order valence-electron chi connectivity index (χ0n) is 7.98. The molecule has 15 heavy (non-hydrogen) atoms. The van der Waals surface area contributed by atoms with Gasteiger partial charge in [0.25, 0.3) is 0 Å². The molecule has 1 rings (SSSR count). The number of aliphatic hydroxyl groups excluding tert-OH is 1. The van der Waals surface area contributed by atoms with Crippen LogP contribution in [0.25, 0.3) is 0 Å². The van der Waals surface area contributed by atoms with Crippen molar-refractivity contribution in [3.8, 4) is 0 Å². The highest BCUT2D eigenvalue weighted by molar-refractivity contribution is 9.10. The Labute approximate surface area is 96.1 Å². The number of nitrogens with one attached hydrogen (secondary N) is 1. The van der Waals surface area contributed by atoms with Crippen molar-refractivity contribution in [1.29, 1.82) is 0 Å². The highest BCUT2D eigenvalue weighted by atomic mass is 79.9. The van der Waals surface area contributed by atoms with E-state index >= 15 is 0 Å². The molecule has 0 aromatic heterocycles. The Morgan fingerprint density at radius 2 is 2.13 bits per heavy atom. The fourth-order valence-corrected chi connectivity index (χ4v) is 1.53. The molecule has 1 aromatic rings. The van der Waals surface area contributed by atoms with Crippen molar-refractivity contribution in [1.82, 2.24) is 5.32 Å². The van der Waals surface area contributed by atoms with E-state index < -0.39 is 18.6 Å². The largest absolute Gasteiger partial charge is 0.480 e. The van der Waals surface area contributed by atoms with Crippen LogP contribution in [-0.4, -0.2) is 28.8 Å². The molecule has 3 N–H and O–H groups in total. The Hall–Kier alpha value is -0.910. The Morgan fingerprint density at radius 3 is 2.67 bits per heavy atom. The number of carboxylic acid groups (broad SMARTS) is 1. The van der Waals surface area contributed by atoms with E-state index in [0.29, 0.717) is 6.54 Å². The van der Waals surface area contributed by atoms with Crippen LogP contribution < -0.4 is 5.32 Å². The van der Waals surface area contributed by atoms with Crippen molar-refractivity contribution in [2.75, 3.05) is 6.61 Å². The number of hydrogen-bond acceptors (Lipinski definition) is 3. The van der Waals surface area contributed by atoms with E-state index in [2.05, 4.69) is 21.2 Å². The maximum Gasteiger partial charge on any atom is 0.323 e. The first-order chi connectivity index (χ1) is 7.15. The quantitative estimate of drug-likeness (QED) is 0.748. The molecule has 4 nitrogen and oxygen atoms in total. The summed E-state index contributed by atoms with van der Waals surface area (Å²) in [4.78, 5) is 10.6. The van der Waals surface area contributed by atoms with Gasteiger partial charge in [0, 0.05) is 11.0 Å². The number of benzene rings is 1. The van der Waals surface area contributed by atoms with Gasteiger partial charge in [-0.05, 0) is 11.6 Å². The minimum absolute atomic E-state index is 0.402. The number of halogens is 1. The molecule has 0 aliphatic rings. The number of aliphatic hydroxyl groups is 1. The normalized spacial score (nSPS) is 12.4. The minimum atomic E-state index is -1.05. The molecule has 1 atom stereocenters. The van der Waals surface area contributed by atoms with Gasteiger partial charge in [0.2, 0.25) is 0 Å². The van der Waals surface area contributed by atoms with Crippen molar-refractivity contribution in [3.05, 3.63) is 34.3 Å². The molecule has 0 fully saturated rings. The maximum atomic E-state index is 10.6. The Balaban J connectivity index is 2.56. The van der Waals surface area contributed by atoms with Crippen LogP contribution in [0.5, 0.6) is 0 Å². The molecule has 0 amide bonds. The highest BCUT2D eigenvalue weighted by Gasteiger charge is 2.15. The molecule has 0 radical (unpaired) electrons. The van der Waals surface area contributed by atoms with Crippen molar-refractivity contribution in [2.24, 2.45) is 0 Å². The number of carbonyl (C=O) groups is 1. The molecule has 0 aliphatic carbocycles. The SMILES string of the molecule is O=C(O)C(CO)NCc1ccccc1Br. The number of hydrogen-bond donors (Lipinski definition) is 3. The summed E-state index contributed by atoms with van der Waals surface area (Å²) in [5.41, 5.74) is 0.956. The van der Waals surface area contributed by atoms with Crippen LogP contribution in [-0.2, 0) is 11.3 Å². The summed E-state index contributed by atoms with van der Waals surface area (Å²) in [5.74, 6) is -1.05. The molecule has 0 saturated carbocycles. The van der Waals surface area contributed by atoms with E-state index in [-0.39, 0.29) is 0 Å². The van der Waals surface area contributed by atoms with Gasteiger partial charge < -0.3 is 10.2 Å². The third-order valence-electron chi connectivity index (χ3n) is 1.98. The summed E-state index contributed by atoms with van der Waals surface area (Å²) in [5, 5.41) is 20.2. The van der Waals surface area contributed by atoms with E-state index in [9.17, 15) is 4.79 Å². The van der Waals surface area contributed by atoms with Crippen LogP contribution >= 0.6 is 15.9 Å². The number of rotatable bonds is 5. The summed E-state index contributed by atoms with van der Waals surface area (Å²) in [6, 6.07) is 6.60. The van der Waals surface area contributed by atoms with Crippen LogP contribution in [0.2, 0.25) is 0 Å². The first-order valence-electron chi connectivity index (χ1n) is 4.45. The third-order valence-corrected chi connectivity index (χ3v) is 2.75. The summed E-state index contributed by atoms with van der Waals surface area (Å²) in [7, 11) is 0. The first-order valence-corrected chi connectivity index (χ1v) is 5.25. The van der Waals surface area contributed by atoms with E-state index in [4.69, 9.17) is 10.2 Å². The van der Waals surface area contributed by atoms with Gasteiger partial charge in [0.15, 0.2) is 0 Å². The second kappa shape index (κ2) is 5.85. The average Bonchev–Trinajstić information content (AvgIpc) is 2.21. The fraction of sp³-hybridized carbons (Fsp3) is 0.300. The van der Waals surface area contributed by atoms with Crippen LogP contribution in [0.1, 0.15) is 5.56 Å². The van der Waals surface area contributed by atoms with Gasteiger partial charge in [-0.25, -0.2) is 0 Å². The van der Waals surface area contributed by atoms with E-state index in [0.717, 1.165) is 10.0 Å². The third kappa shape index (κ3) is 3.62. The lowest BCUT2D eigenvalue weighted by Crippen LogP contribution is -2.39. The maximum absolute atomic E-state index is 10.6. The van der Waals surface area contributed by atoms with Crippen LogP contribution in [0.3, 0.4) is 0 Å². The second-order valence-corrected chi connectivity index (χ2v) is 3.90. The Morgan fingerprint density at radius 1 is 1.47 bits per heavy atom. The number of carboxylic acids is 1. The summed E-state index contributed by atoms with van der Waals surface area (Å²) in [6.45, 7) is -0.0151. The molecular formula is C10H12BrNO3. The monoisotopic (exact) mass is 273 g/mol. The zero-order chi connectivity index (χ0) is 11.3. The van der Waals surface area contributed by atoms with E-state index in [1.54, 1.807) is 0 Å². The standard InChI is InChI=1S/C10H12BrNO3/c11-8-4-2-1-3-7(8)5-12-9(6-13)10(14)15/h1-4,9,12-13H,5-6H2,(H,14,15). The van der Waals surface area contributed by atoms with Gasteiger partial charge in [-0.3, -0.25) is 10.1 Å². The average molecular weight is 274 g/mol. The molecule has 0 spiro atoms. The van der Waals surface area contributed by atoms with Crippen LogP contribution in [0.4, 0.5) is 0 Å². The smallest absolute Gasteiger partial charge is 0.323 e. The molecule has 0 bridgehead atoms. The molecule has 0 saturated heterocycles. The van der Waals surface area contributed by atoms with Gasteiger partial charge in [-0.2, -0.15) is 0 Å². The lowest BCUT2D eigenvalue weighted by atomic mass is 10.2. The van der Waals surface area contributed by atoms with Crippen LogP contribution in [0, 0.1) is 0 Å². The minimum Gasteiger partial charge on any atom is -0.480 e. The summed E-state index contributed by atoms with van der Waals surface area (Å²) < 4.78 is 0.916. The molecule has 0 aliphatic heterocycles. The number of aliphatic carboxylic acids is 1. The predicted octanol–water partition coefficient (Wildman–Crippen LogP) is 0.984. The lowest BCUT2D eigenvalue weighted by molar-refractivity contribution is -0.140. The topological polar surface area (TPSA) is 69.6 Å². The molecule has 5 heteroatoms. The first kappa shape index (κ1) is 12.2. The van der Waals surface area contributed by atoms with E-state index in [1.165, 1.54) is 0 Å². The zero-order valence-corrected chi connectivity index (χ0v) is 9.57. The van der Waals surface area contributed by atoms with Crippen molar-refractivity contribution in [2.45, 2.75) is 12.6 Å².